The number of nitrogens with zero attached hydrogens (tertiary/aromatic N) is 1. The van der Waals surface area contributed by atoms with Gasteiger partial charge < -0.3 is 10.6 Å². The first-order chi connectivity index (χ1) is 13.8. The molecule has 2 atom stereocenters. The first-order valence-electron chi connectivity index (χ1n) is 10.0. The fourth-order valence-electron chi connectivity index (χ4n) is 3.66. The second kappa shape index (κ2) is 7.24. The summed E-state index contributed by atoms with van der Waals surface area (Å²) in [6.07, 6.45) is 5.79. The third-order valence-corrected chi connectivity index (χ3v) is 5.70. The Labute approximate surface area is 164 Å². The average molecular weight is 372 g/mol. The van der Waals surface area contributed by atoms with Crippen LogP contribution in [0.2, 0.25) is 0 Å². The van der Waals surface area contributed by atoms with Crippen molar-refractivity contribution in [1.29, 1.82) is 0 Å². The third kappa shape index (κ3) is 3.85. The highest BCUT2D eigenvalue weighted by Crippen LogP contribution is 2.41. The lowest BCUT2D eigenvalue weighted by Crippen LogP contribution is -2.20. The van der Waals surface area contributed by atoms with E-state index in [0.717, 1.165) is 22.9 Å². The molecule has 3 N–H and O–H groups in total. The predicted octanol–water partition coefficient (Wildman–Crippen LogP) is 4.18. The molecular weight excluding hydrogens is 348 g/mol. The van der Waals surface area contributed by atoms with Gasteiger partial charge in [0.1, 0.15) is 0 Å². The Morgan fingerprint density at radius 1 is 1.04 bits per heavy atom. The highest BCUT2D eigenvalue weighted by molar-refractivity contribution is 6.04. The van der Waals surface area contributed by atoms with E-state index in [-0.39, 0.29) is 5.91 Å². The van der Waals surface area contributed by atoms with Crippen molar-refractivity contribution in [3.8, 4) is 11.3 Å². The van der Waals surface area contributed by atoms with Crippen LogP contribution in [0.5, 0.6) is 0 Å². The standard InChI is InChI=1S/C23H24N4O/c28-23(18-5-3-17(4-6-18)21-11-12-25-27-21)26-19-9-7-16(8-10-19)20-13-22(20)24-14-15-1-2-15/h3-12,15,20,22,24H,1-2,13-14H2,(H,25,27)(H,26,28). The normalized spacial score (nSPS) is 20.7. The Hall–Kier alpha value is -2.92. The van der Waals surface area contributed by atoms with Crippen molar-refractivity contribution >= 4 is 11.6 Å². The van der Waals surface area contributed by atoms with Gasteiger partial charge in [-0.3, -0.25) is 9.89 Å². The van der Waals surface area contributed by atoms with E-state index in [2.05, 4.69) is 33.0 Å². The zero-order chi connectivity index (χ0) is 18.9. The van der Waals surface area contributed by atoms with E-state index in [1.54, 1.807) is 6.20 Å². The molecule has 0 saturated heterocycles. The Balaban J connectivity index is 1.17. The molecule has 2 aromatic carbocycles. The summed E-state index contributed by atoms with van der Waals surface area (Å²) in [6.45, 7) is 1.17. The van der Waals surface area contributed by atoms with E-state index in [4.69, 9.17) is 0 Å². The molecule has 3 aromatic rings. The lowest BCUT2D eigenvalue weighted by Gasteiger charge is -2.08. The summed E-state index contributed by atoms with van der Waals surface area (Å²) in [5.41, 5.74) is 4.67. The number of H-pyrrole nitrogens is 1. The predicted molar refractivity (Wildman–Crippen MR) is 110 cm³/mol. The zero-order valence-electron chi connectivity index (χ0n) is 15.7. The van der Waals surface area contributed by atoms with Crippen LogP contribution in [0.4, 0.5) is 5.69 Å². The number of amides is 1. The largest absolute Gasteiger partial charge is 0.322 e. The van der Waals surface area contributed by atoms with Crippen molar-refractivity contribution in [2.45, 2.75) is 31.2 Å². The van der Waals surface area contributed by atoms with Gasteiger partial charge in [-0.05, 0) is 67.6 Å². The number of carbonyl (C=O) groups excluding carboxylic acids is 1. The summed E-state index contributed by atoms with van der Waals surface area (Å²) in [5.74, 6) is 1.45. The minimum Gasteiger partial charge on any atom is -0.322 e. The van der Waals surface area contributed by atoms with Crippen molar-refractivity contribution < 1.29 is 4.79 Å². The van der Waals surface area contributed by atoms with Crippen molar-refractivity contribution in [3.63, 3.8) is 0 Å². The van der Waals surface area contributed by atoms with E-state index in [1.807, 2.05) is 42.5 Å². The fourth-order valence-corrected chi connectivity index (χ4v) is 3.66. The Morgan fingerprint density at radius 2 is 1.82 bits per heavy atom. The van der Waals surface area contributed by atoms with Crippen LogP contribution in [0, 0.1) is 5.92 Å². The van der Waals surface area contributed by atoms with E-state index in [9.17, 15) is 4.79 Å². The van der Waals surface area contributed by atoms with E-state index in [1.165, 1.54) is 31.4 Å². The van der Waals surface area contributed by atoms with Gasteiger partial charge in [-0.1, -0.05) is 24.3 Å². The van der Waals surface area contributed by atoms with Gasteiger partial charge >= 0.3 is 0 Å². The first kappa shape index (κ1) is 17.2. The average Bonchev–Trinajstić information content (AvgIpc) is 3.64. The third-order valence-electron chi connectivity index (χ3n) is 5.70. The van der Waals surface area contributed by atoms with Crippen LogP contribution < -0.4 is 10.6 Å². The highest BCUT2D eigenvalue weighted by Gasteiger charge is 2.38. The molecule has 1 aromatic heterocycles. The van der Waals surface area contributed by atoms with Crippen LogP contribution in [0.1, 0.15) is 41.1 Å². The van der Waals surface area contributed by atoms with Gasteiger partial charge in [0.2, 0.25) is 0 Å². The molecule has 1 heterocycles. The fraction of sp³-hybridized carbons (Fsp3) is 0.304. The number of aromatic nitrogens is 2. The van der Waals surface area contributed by atoms with Crippen LogP contribution in [0.25, 0.3) is 11.3 Å². The van der Waals surface area contributed by atoms with Crippen LogP contribution in [-0.2, 0) is 0 Å². The Bertz CT molecular complexity index is 943. The lowest BCUT2D eigenvalue weighted by molar-refractivity contribution is 0.102. The summed E-state index contributed by atoms with van der Waals surface area (Å²) in [5, 5.41) is 13.6. The molecule has 1 amide bonds. The molecule has 142 valence electrons. The molecule has 2 aliphatic carbocycles. The Morgan fingerprint density at radius 3 is 2.50 bits per heavy atom. The summed E-state index contributed by atoms with van der Waals surface area (Å²) < 4.78 is 0. The van der Waals surface area contributed by atoms with Gasteiger partial charge in [0.25, 0.3) is 5.91 Å². The number of rotatable bonds is 7. The molecule has 2 aliphatic rings. The minimum absolute atomic E-state index is 0.100. The highest BCUT2D eigenvalue weighted by atomic mass is 16.1. The summed E-state index contributed by atoms with van der Waals surface area (Å²) in [7, 11) is 0. The molecule has 0 bridgehead atoms. The van der Waals surface area contributed by atoms with Crippen molar-refractivity contribution in [2.24, 2.45) is 5.92 Å². The van der Waals surface area contributed by atoms with Gasteiger partial charge in [0.15, 0.2) is 0 Å². The number of hydrogen-bond donors (Lipinski definition) is 3. The SMILES string of the molecule is O=C(Nc1ccc(C2CC2NCC2CC2)cc1)c1ccc(-c2cc[nH]n2)cc1. The summed E-state index contributed by atoms with van der Waals surface area (Å²) in [4.78, 5) is 12.5. The smallest absolute Gasteiger partial charge is 0.255 e. The molecule has 0 aliphatic heterocycles. The molecular formula is C23H24N4O. The molecule has 0 spiro atoms. The van der Waals surface area contributed by atoms with Gasteiger partial charge in [0.05, 0.1) is 5.69 Å². The van der Waals surface area contributed by atoms with E-state index in [0.29, 0.717) is 17.5 Å². The quantitative estimate of drug-likeness (QED) is 0.583. The van der Waals surface area contributed by atoms with Crippen LogP contribution >= 0.6 is 0 Å². The topological polar surface area (TPSA) is 69.8 Å². The van der Waals surface area contributed by atoms with Crippen molar-refractivity contribution in [2.75, 3.05) is 11.9 Å². The van der Waals surface area contributed by atoms with Crippen LogP contribution in [0.15, 0.2) is 60.8 Å². The molecule has 2 unspecified atom stereocenters. The maximum atomic E-state index is 12.5. The summed E-state index contributed by atoms with van der Waals surface area (Å²) in [6, 6.07) is 18.3. The molecule has 5 nitrogen and oxygen atoms in total. The lowest BCUT2D eigenvalue weighted by atomic mass is 10.1. The van der Waals surface area contributed by atoms with Gasteiger partial charge in [-0.15, -0.1) is 0 Å². The monoisotopic (exact) mass is 372 g/mol. The number of benzene rings is 2. The number of carbonyl (C=O) groups is 1. The first-order valence-corrected chi connectivity index (χ1v) is 10.0. The maximum absolute atomic E-state index is 12.5. The van der Waals surface area contributed by atoms with E-state index >= 15 is 0 Å². The van der Waals surface area contributed by atoms with Crippen molar-refractivity contribution in [1.82, 2.24) is 15.5 Å². The molecule has 2 saturated carbocycles. The van der Waals surface area contributed by atoms with Gasteiger partial charge in [0, 0.05) is 35.0 Å². The second-order valence-electron chi connectivity index (χ2n) is 7.91. The van der Waals surface area contributed by atoms with Gasteiger partial charge in [-0.2, -0.15) is 5.10 Å². The molecule has 5 heteroatoms. The molecule has 5 rings (SSSR count). The maximum Gasteiger partial charge on any atom is 0.255 e. The van der Waals surface area contributed by atoms with Crippen molar-refractivity contribution in [3.05, 3.63) is 71.9 Å². The van der Waals surface area contributed by atoms with E-state index < -0.39 is 0 Å². The Kier molecular flexibility index (Phi) is 4.45. The molecule has 0 radical (unpaired) electrons. The number of anilines is 1. The number of aromatic amines is 1. The summed E-state index contributed by atoms with van der Waals surface area (Å²) >= 11 is 0. The minimum atomic E-state index is -0.100. The second-order valence-corrected chi connectivity index (χ2v) is 7.91. The van der Waals surface area contributed by atoms with Gasteiger partial charge in [-0.25, -0.2) is 0 Å². The van der Waals surface area contributed by atoms with Crippen LogP contribution in [0.3, 0.4) is 0 Å². The number of hydrogen-bond acceptors (Lipinski definition) is 3. The van der Waals surface area contributed by atoms with Crippen LogP contribution in [-0.4, -0.2) is 28.7 Å². The molecule has 2 fully saturated rings. The molecule has 28 heavy (non-hydrogen) atoms. The number of nitrogens with one attached hydrogen (secondary N) is 3. The zero-order valence-corrected chi connectivity index (χ0v) is 15.7.